The third-order valence-electron chi connectivity index (χ3n) is 7.42. The van der Waals surface area contributed by atoms with Crippen LogP contribution in [0.5, 0.6) is 11.5 Å². The molecule has 0 spiro atoms. The Hall–Kier alpha value is -3.70. The Morgan fingerprint density at radius 1 is 1.03 bits per heavy atom. The number of para-hydroxylation sites is 1. The van der Waals surface area contributed by atoms with E-state index in [2.05, 4.69) is 25.3 Å². The van der Waals surface area contributed by atoms with Crippen molar-refractivity contribution in [3.63, 3.8) is 0 Å². The van der Waals surface area contributed by atoms with Crippen LogP contribution in [0.15, 0.2) is 42.5 Å². The van der Waals surface area contributed by atoms with Gasteiger partial charge in [-0.15, -0.1) is 10.2 Å². The van der Waals surface area contributed by atoms with Crippen LogP contribution in [0.2, 0.25) is 0 Å². The number of benzene rings is 2. The molecule has 3 aliphatic heterocycles. The lowest BCUT2D eigenvalue weighted by Gasteiger charge is -2.51. The molecule has 3 fully saturated rings. The SMILES string of the molecule is Nc1nnc(-c2cccc(F)c2O)cc1N1C[C@@H]2COC[C@@H](C1)N2c1cc(F)cc(OC2CCNCC2)c1. The molecule has 2 atom stereocenters. The Kier molecular flexibility index (Phi) is 6.62. The van der Waals surface area contributed by atoms with Gasteiger partial charge in [0.05, 0.1) is 36.7 Å². The predicted octanol–water partition coefficient (Wildman–Crippen LogP) is 2.93. The van der Waals surface area contributed by atoms with Crippen molar-refractivity contribution < 1.29 is 23.4 Å². The van der Waals surface area contributed by atoms with Gasteiger partial charge in [0.2, 0.25) is 0 Å². The molecule has 6 rings (SSSR count). The van der Waals surface area contributed by atoms with E-state index in [1.54, 1.807) is 18.2 Å². The van der Waals surface area contributed by atoms with Gasteiger partial charge in [0, 0.05) is 36.5 Å². The zero-order chi connectivity index (χ0) is 26.2. The van der Waals surface area contributed by atoms with E-state index in [-0.39, 0.29) is 35.4 Å². The lowest BCUT2D eigenvalue weighted by atomic mass is 10.0. The van der Waals surface area contributed by atoms with Crippen LogP contribution in [0.3, 0.4) is 0 Å². The van der Waals surface area contributed by atoms with Crippen molar-refractivity contribution in [3.8, 4) is 22.8 Å². The van der Waals surface area contributed by atoms with E-state index in [0.717, 1.165) is 31.6 Å². The molecule has 0 aliphatic carbocycles. The van der Waals surface area contributed by atoms with Crippen molar-refractivity contribution in [2.45, 2.75) is 31.0 Å². The van der Waals surface area contributed by atoms with E-state index in [1.807, 2.05) is 6.07 Å². The molecular weight excluding hydrogens is 494 g/mol. The van der Waals surface area contributed by atoms with Gasteiger partial charge in [-0.2, -0.15) is 0 Å². The zero-order valence-corrected chi connectivity index (χ0v) is 20.8. The minimum absolute atomic E-state index is 0.0690. The average Bonchev–Trinajstić information content (AvgIpc) is 2.90. The molecule has 3 aliphatic rings. The van der Waals surface area contributed by atoms with Gasteiger partial charge in [-0.05, 0) is 50.2 Å². The molecular formula is C27H30F2N6O3. The number of fused-ring (bicyclic) bond motifs is 2. The van der Waals surface area contributed by atoms with Crippen LogP contribution in [0, 0.1) is 11.6 Å². The normalized spacial score (nSPS) is 21.9. The Balaban J connectivity index is 1.26. The van der Waals surface area contributed by atoms with Gasteiger partial charge in [0.25, 0.3) is 0 Å². The van der Waals surface area contributed by atoms with E-state index < -0.39 is 11.6 Å². The highest BCUT2D eigenvalue weighted by Gasteiger charge is 2.39. The maximum absolute atomic E-state index is 14.7. The van der Waals surface area contributed by atoms with Crippen LogP contribution in [0.1, 0.15) is 12.8 Å². The molecule has 0 radical (unpaired) electrons. The zero-order valence-electron chi connectivity index (χ0n) is 20.8. The van der Waals surface area contributed by atoms with Crippen LogP contribution < -0.4 is 25.6 Å². The number of aromatic nitrogens is 2. The van der Waals surface area contributed by atoms with E-state index in [9.17, 15) is 13.9 Å². The predicted molar refractivity (Wildman–Crippen MR) is 140 cm³/mol. The summed E-state index contributed by atoms with van der Waals surface area (Å²) >= 11 is 0. The summed E-state index contributed by atoms with van der Waals surface area (Å²) in [6, 6.07) is 10.7. The van der Waals surface area contributed by atoms with E-state index >= 15 is 0 Å². The van der Waals surface area contributed by atoms with Crippen LogP contribution in [0.25, 0.3) is 11.3 Å². The summed E-state index contributed by atoms with van der Waals surface area (Å²) in [4.78, 5) is 4.31. The second kappa shape index (κ2) is 10.2. The van der Waals surface area contributed by atoms with Crippen LogP contribution in [-0.2, 0) is 4.74 Å². The van der Waals surface area contributed by atoms with Crippen LogP contribution >= 0.6 is 0 Å². The molecule has 0 unspecified atom stereocenters. The molecule has 4 heterocycles. The third-order valence-corrected chi connectivity index (χ3v) is 7.42. The largest absolute Gasteiger partial charge is 0.504 e. The van der Waals surface area contributed by atoms with Crippen LogP contribution in [0.4, 0.5) is 26.0 Å². The number of anilines is 3. The smallest absolute Gasteiger partial charge is 0.169 e. The molecule has 2 bridgehead atoms. The number of phenols is 1. The molecule has 1 aromatic heterocycles. The highest BCUT2D eigenvalue weighted by molar-refractivity contribution is 5.74. The topological polar surface area (TPSA) is 109 Å². The first kappa shape index (κ1) is 24.6. The number of halogens is 2. The summed E-state index contributed by atoms with van der Waals surface area (Å²) in [5.41, 5.74) is 8.19. The first-order valence-electron chi connectivity index (χ1n) is 12.9. The maximum atomic E-state index is 14.7. The van der Waals surface area contributed by atoms with Gasteiger partial charge in [-0.25, -0.2) is 8.78 Å². The van der Waals surface area contributed by atoms with Crippen LogP contribution in [-0.4, -0.2) is 72.9 Å². The van der Waals surface area contributed by atoms with Crippen molar-refractivity contribution in [1.29, 1.82) is 0 Å². The summed E-state index contributed by atoms with van der Waals surface area (Å²) in [7, 11) is 0. The lowest BCUT2D eigenvalue weighted by Crippen LogP contribution is -2.65. The van der Waals surface area contributed by atoms with Gasteiger partial charge in [-0.3, -0.25) is 0 Å². The number of rotatable bonds is 5. The third kappa shape index (κ3) is 4.79. The summed E-state index contributed by atoms with van der Waals surface area (Å²) < 4.78 is 40.7. The monoisotopic (exact) mass is 524 g/mol. The van der Waals surface area contributed by atoms with Crippen molar-refractivity contribution in [3.05, 3.63) is 54.1 Å². The number of aromatic hydroxyl groups is 1. The molecule has 0 amide bonds. The molecule has 2 aromatic carbocycles. The molecule has 200 valence electrons. The number of nitrogens with zero attached hydrogens (tertiary/aromatic N) is 4. The molecule has 3 saturated heterocycles. The standard InChI is InChI=1S/C27H30F2N6O3/c28-16-8-17(10-21(9-16)38-20-4-6-31-7-5-20)35-18-12-34(13-19(35)15-37-14-18)25-11-24(32-33-27(25)30)22-2-1-3-23(29)26(22)36/h1-3,8-11,18-20,31,36H,4-7,12-15H2,(H2,30,33)/t18-,19-/m1/s1. The minimum Gasteiger partial charge on any atom is -0.504 e. The van der Waals surface area contributed by atoms with Crippen molar-refractivity contribution >= 4 is 17.2 Å². The van der Waals surface area contributed by atoms with Crippen molar-refractivity contribution in [2.24, 2.45) is 0 Å². The lowest BCUT2D eigenvalue weighted by molar-refractivity contribution is 0.0588. The molecule has 9 nitrogen and oxygen atoms in total. The quantitative estimate of drug-likeness (QED) is 0.464. The molecule has 3 aromatic rings. The molecule has 0 saturated carbocycles. The number of hydrogen-bond donors (Lipinski definition) is 3. The van der Waals surface area contributed by atoms with E-state index in [4.69, 9.17) is 15.2 Å². The fourth-order valence-electron chi connectivity index (χ4n) is 5.65. The maximum Gasteiger partial charge on any atom is 0.169 e. The minimum atomic E-state index is -0.735. The highest BCUT2D eigenvalue weighted by atomic mass is 19.1. The second-order valence-corrected chi connectivity index (χ2v) is 10.0. The Labute approximate surface area is 219 Å². The van der Waals surface area contributed by atoms with Gasteiger partial charge in [0.1, 0.15) is 17.7 Å². The number of piperazine rings is 1. The highest BCUT2D eigenvalue weighted by Crippen LogP contribution is 2.37. The van der Waals surface area contributed by atoms with Crippen molar-refractivity contribution in [1.82, 2.24) is 15.5 Å². The number of morpholine rings is 1. The Morgan fingerprint density at radius 3 is 2.55 bits per heavy atom. The fraction of sp³-hybridized carbons (Fsp3) is 0.407. The number of ether oxygens (including phenoxy) is 2. The summed E-state index contributed by atoms with van der Waals surface area (Å²) in [5.74, 6) is -0.784. The number of nitrogens with two attached hydrogens (primary N) is 1. The number of hydrogen-bond acceptors (Lipinski definition) is 9. The number of piperidine rings is 1. The molecule has 38 heavy (non-hydrogen) atoms. The molecule has 11 heteroatoms. The first-order valence-corrected chi connectivity index (χ1v) is 12.9. The summed E-state index contributed by atoms with van der Waals surface area (Å²) in [6.45, 7) is 3.80. The fourth-order valence-corrected chi connectivity index (χ4v) is 5.65. The summed E-state index contributed by atoms with van der Waals surface area (Å²) in [5, 5.41) is 21.7. The van der Waals surface area contributed by atoms with E-state index in [0.29, 0.717) is 43.4 Å². The number of nitrogens with one attached hydrogen (secondary N) is 1. The second-order valence-electron chi connectivity index (χ2n) is 10.0. The average molecular weight is 525 g/mol. The summed E-state index contributed by atoms with van der Waals surface area (Å²) in [6.07, 6.45) is 1.85. The van der Waals surface area contributed by atoms with Gasteiger partial charge < -0.3 is 35.4 Å². The Morgan fingerprint density at radius 2 is 1.79 bits per heavy atom. The molecule has 4 N–H and O–H groups in total. The van der Waals surface area contributed by atoms with E-state index in [1.165, 1.54) is 18.2 Å². The number of phenolic OH excluding ortho intramolecular Hbond substituents is 1. The van der Waals surface area contributed by atoms with Gasteiger partial charge in [0.15, 0.2) is 17.4 Å². The number of nitrogen functional groups attached to an aromatic ring is 1. The van der Waals surface area contributed by atoms with Gasteiger partial charge >= 0.3 is 0 Å². The van der Waals surface area contributed by atoms with Crippen molar-refractivity contribution in [2.75, 3.05) is 54.9 Å². The van der Waals surface area contributed by atoms with Gasteiger partial charge in [-0.1, -0.05) is 6.07 Å². The Bertz CT molecular complexity index is 1310. The first-order chi connectivity index (χ1) is 18.5.